The molecular formula is C13H14ClN3O3S. The number of nitrogens with zero attached hydrogens (tertiary/aromatic N) is 2. The number of rotatable bonds is 4. The van der Waals surface area contributed by atoms with Gasteiger partial charge in [0.2, 0.25) is 5.91 Å². The summed E-state index contributed by atoms with van der Waals surface area (Å²) >= 11 is 5.71. The first kappa shape index (κ1) is 15.5. The summed E-state index contributed by atoms with van der Waals surface area (Å²) in [4.78, 5) is 11.9. The van der Waals surface area contributed by atoms with Gasteiger partial charge < -0.3 is 5.32 Å². The third-order valence-electron chi connectivity index (χ3n) is 2.76. The molecule has 0 radical (unpaired) electrons. The van der Waals surface area contributed by atoms with E-state index in [1.54, 1.807) is 20.0 Å². The van der Waals surface area contributed by atoms with Crippen molar-refractivity contribution < 1.29 is 13.2 Å². The second-order valence-corrected chi connectivity index (χ2v) is 6.98. The molecule has 0 aliphatic rings. The van der Waals surface area contributed by atoms with Gasteiger partial charge in [0, 0.05) is 18.1 Å². The van der Waals surface area contributed by atoms with Crippen molar-refractivity contribution in [2.75, 3.05) is 11.1 Å². The number of anilines is 1. The van der Waals surface area contributed by atoms with Crippen LogP contribution in [0.3, 0.4) is 0 Å². The monoisotopic (exact) mass is 327 g/mol. The van der Waals surface area contributed by atoms with Crippen LogP contribution >= 0.6 is 11.6 Å². The van der Waals surface area contributed by atoms with E-state index in [0.717, 1.165) is 5.69 Å². The van der Waals surface area contributed by atoms with E-state index in [4.69, 9.17) is 11.6 Å². The van der Waals surface area contributed by atoms with E-state index in [-0.39, 0.29) is 4.90 Å². The molecule has 1 aromatic heterocycles. The number of aryl methyl sites for hydroxylation is 2. The van der Waals surface area contributed by atoms with Crippen LogP contribution in [0.2, 0.25) is 5.02 Å². The maximum atomic E-state index is 12.1. The third kappa shape index (κ3) is 3.83. The van der Waals surface area contributed by atoms with Crippen LogP contribution in [0.4, 0.5) is 5.82 Å². The Labute approximate surface area is 127 Å². The van der Waals surface area contributed by atoms with Crippen LogP contribution in [0.15, 0.2) is 35.2 Å². The fourth-order valence-electron chi connectivity index (χ4n) is 1.80. The van der Waals surface area contributed by atoms with Crippen LogP contribution in [0.5, 0.6) is 0 Å². The summed E-state index contributed by atoms with van der Waals surface area (Å²) in [5.41, 5.74) is 0.730. The Morgan fingerprint density at radius 3 is 2.48 bits per heavy atom. The van der Waals surface area contributed by atoms with Crippen molar-refractivity contribution in [1.29, 1.82) is 0 Å². The van der Waals surface area contributed by atoms with Crippen LogP contribution in [0, 0.1) is 6.92 Å². The maximum absolute atomic E-state index is 12.1. The molecule has 0 saturated heterocycles. The first-order valence-corrected chi connectivity index (χ1v) is 8.10. The molecule has 1 amide bonds. The second-order valence-electron chi connectivity index (χ2n) is 4.56. The number of carbonyl (C=O) groups excluding carboxylic acids is 1. The van der Waals surface area contributed by atoms with Gasteiger partial charge in [-0.1, -0.05) is 11.6 Å². The number of carbonyl (C=O) groups is 1. The molecule has 1 aromatic carbocycles. The van der Waals surface area contributed by atoms with Crippen molar-refractivity contribution in [1.82, 2.24) is 9.78 Å². The predicted octanol–water partition coefficient (Wildman–Crippen LogP) is 1.79. The van der Waals surface area contributed by atoms with Gasteiger partial charge in [0.25, 0.3) is 0 Å². The van der Waals surface area contributed by atoms with Gasteiger partial charge >= 0.3 is 0 Å². The average molecular weight is 328 g/mol. The van der Waals surface area contributed by atoms with Gasteiger partial charge in [-0.05, 0) is 31.2 Å². The molecule has 0 bridgehead atoms. The van der Waals surface area contributed by atoms with Crippen molar-refractivity contribution in [3.63, 3.8) is 0 Å². The highest BCUT2D eigenvalue weighted by Crippen LogP contribution is 2.16. The van der Waals surface area contributed by atoms with Crippen LogP contribution in [0.25, 0.3) is 0 Å². The van der Waals surface area contributed by atoms with Crippen molar-refractivity contribution in [2.24, 2.45) is 7.05 Å². The smallest absolute Gasteiger partial charge is 0.241 e. The SMILES string of the molecule is Cc1cc(NC(=O)CS(=O)(=O)c2ccc(Cl)cc2)n(C)n1. The number of hydrogen-bond acceptors (Lipinski definition) is 4. The Bertz CT molecular complexity index is 766. The first-order chi connectivity index (χ1) is 9.78. The quantitative estimate of drug-likeness (QED) is 0.928. The van der Waals surface area contributed by atoms with Gasteiger partial charge in [-0.15, -0.1) is 0 Å². The molecule has 8 heteroatoms. The Morgan fingerprint density at radius 1 is 1.33 bits per heavy atom. The molecule has 0 aliphatic carbocycles. The molecule has 0 fully saturated rings. The minimum Gasteiger partial charge on any atom is -0.310 e. The molecule has 21 heavy (non-hydrogen) atoms. The van der Waals surface area contributed by atoms with E-state index in [9.17, 15) is 13.2 Å². The van der Waals surface area contributed by atoms with Crippen molar-refractivity contribution in [2.45, 2.75) is 11.8 Å². The van der Waals surface area contributed by atoms with E-state index in [1.807, 2.05) is 0 Å². The highest BCUT2D eigenvalue weighted by Gasteiger charge is 2.20. The zero-order valence-corrected chi connectivity index (χ0v) is 13.1. The molecule has 2 aromatic rings. The zero-order valence-electron chi connectivity index (χ0n) is 11.5. The lowest BCUT2D eigenvalue weighted by molar-refractivity contribution is -0.113. The van der Waals surface area contributed by atoms with Crippen LogP contribution in [-0.4, -0.2) is 29.9 Å². The average Bonchev–Trinajstić information content (AvgIpc) is 2.67. The Hall–Kier alpha value is -1.86. The van der Waals surface area contributed by atoms with Crippen LogP contribution < -0.4 is 5.32 Å². The summed E-state index contributed by atoms with van der Waals surface area (Å²) < 4.78 is 25.7. The Balaban J connectivity index is 2.11. The highest BCUT2D eigenvalue weighted by molar-refractivity contribution is 7.92. The van der Waals surface area contributed by atoms with Gasteiger partial charge in [0.05, 0.1) is 10.6 Å². The lowest BCUT2D eigenvalue weighted by atomic mass is 10.4. The lowest BCUT2D eigenvalue weighted by Crippen LogP contribution is -2.24. The van der Waals surface area contributed by atoms with Crippen molar-refractivity contribution >= 4 is 33.2 Å². The van der Waals surface area contributed by atoms with Gasteiger partial charge in [-0.25, -0.2) is 8.42 Å². The molecule has 0 atom stereocenters. The summed E-state index contributed by atoms with van der Waals surface area (Å²) in [5.74, 6) is -0.810. The van der Waals surface area contributed by atoms with Gasteiger partial charge in [-0.2, -0.15) is 5.10 Å². The number of hydrogen-bond donors (Lipinski definition) is 1. The van der Waals surface area contributed by atoms with Crippen LogP contribution in [0.1, 0.15) is 5.69 Å². The summed E-state index contributed by atoms with van der Waals surface area (Å²) in [5, 5.41) is 7.02. The number of nitrogens with one attached hydrogen (secondary N) is 1. The van der Waals surface area contributed by atoms with Crippen molar-refractivity contribution in [3.05, 3.63) is 41.0 Å². The minimum atomic E-state index is -3.70. The molecule has 6 nitrogen and oxygen atoms in total. The second kappa shape index (κ2) is 5.87. The molecular weight excluding hydrogens is 314 g/mol. The highest BCUT2D eigenvalue weighted by atomic mass is 35.5. The lowest BCUT2D eigenvalue weighted by Gasteiger charge is -2.06. The molecule has 2 rings (SSSR count). The number of aromatic nitrogens is 2. The topological polar surface area (TPSA) is 81.1 Å². The van der Waals surface area contributed by atoms with Gasteiger partial charge in [0.1, 0.15) is 11.6 Å². The summed E-state index contributed by atoms with van der Waals surface area (Å²) in [6.07, 6.45) is 0. The Kier molecular flexibility index (Phi) is 4.34. The summed E-state index contributed by atoms with van der Waals surface area (Å²) in [6.45, 7) is 1.78. The zero-order chi connectivity index (χ0) is 15.6. The van der Waals surface area contributed by atoms with E-state index < -0.39 is 21.5 Å². The van der Waals surface area contributed by atoms with Gasteiger partial charge in [0.15, 0.2) is 9.84 Å². The summed E-state index contributed by atoms with van der Waals surface area (Å²) in [6, 6.07) is 7.35. The van der Waals surface area contributed by atoms with Crippen LogP contribution in [-0.2, 0) is 21.7 Å². The fourth-order valence-corrected chi connectivity index (χ4v) is 3.07. The number of halogens is 1. The van der Waals surface area contributed by atoms with Gasteiger partial charge in [-0.3, -0.25) is 9.48 Å². The van der Waals surface area contributed by atoms with E-state index >= 15 is 0 Å². The molecule has 0 spiro atoms. The Morgan fingerprint density at radius 2 is 1.95 bits per heavy atom. The maximum Gasteiger partial charge on any atom is 0.241 e. The van der Waals surface area contributed by atoms with E-state index in [2.05, 4.69) is 10.4 Å². The largest absolute Gasteiger partial charge is 0.310 e. The normalized spacial score (nSPS) is 11.4. The first-order valence-electron chi connectivity index (χ1n) is 6.07. The molecule has 0 aliphatic heterocycles. The minimum absolute atomic E-state index is 0.0586. The fraction of sp³-hybridized carbons (Fsp3) is 0.231. The van der Waals surface area contributed by atoms with E-state index in [1.165, 1.54) is 28.9 Å². The molecule has 1 N–H and O–H groups in total. The van der Waals surface area contributed by atoms with Crippen molar-refractivity contribution in [3.8, 4) is 0 Å². The number of amides is 1. The number of benzene rings is 1. The van der Waals surface area contributed by atoms with E-state index in [0.29, 0.717) is 10.8 Å². The predicted molar refractivity (Wildman–Crippen MR) is 80.1 cm³/mol. The molecule has 1 heterocycles. The standard InChI is InChI=1S/C13H14ClN3O3S/c1-9-7-12(17(2)16-9)15-13(18)8-21(19,20)11-5-3-10(14)4-6-11/h3-7H,8H2,1-2H3,(H,15,18). The number of sulfone groups is 1. The molecule has 0 unspecified atom stereocenters. The third-order valence-corrected chi connectivity index (χ3v) is 4.65. The molecule has 112 valence electrons. The summed E-state index contributed by atoms with van der Waals surface area (Å²) in [7, 11) is -2.04. The molecule has 0 saturated carbocycles.